The molecule has 0 aromatic heterocycles. The molecular formula is C35H38FNO7. The summed E-state index contributed by atoms with van der Waals surface area (Å²) in [6.07, 6.45) is 4.66. The third kappa shape index (κ3) is 4.02. The quantitative estimate of drug-likeness (QED) is 0.409. The smallest absolute Gasteiger partial charge is 0.193 e. The maximum atomic E-state index is 15.9. The molecule has 0 bridgehead atoms. The van der Waals surface area contributed by atoms with Gasteiger partial charge >= 0.3 is 0 Å². The lowest BCUT2D eigenvalue weighted by atomic mass is 9.46. The van der Waals surface area contributed by atoms with Gasteiger partial charge in [-0.25, -0.2) is 4.39 Å². The fourth-order valence-electron chi connectivity index (χ4n) is 9.47. The Morgan fingerprint density at radius 1 is 1.18 bits per heavy atom. The molecule has 9 heteroatoms. The van der Waals surface area contributed by atoms with E-state index in [1.807, 2.05) is 25.1 Å². The number of rotatable bonds is 6. The molecule has 8 nitrogen and oxygen atoms in total. The van der Waals surface area contributed by atoms with Gasteiger partial charge in [0, 0.05) is 33.6 Å². The Morgan fingerprint density at radius 2 is 1.98 bits per heavy atom. The Morgan fingerprint density at radius 3 is 2.75 bits per heavy atom. The van der Waals surface area contributed by atoms with Gasteiger partial charge in [0.2, 0.25) is 0 Å². The first-order chi connectivity index (χ1) is 21.0. The van der Waals surface area contributed by atoms with Gasteiger partial charge in [-0.1, -0.05) is 55.8 Å². The molecule has 1 saturated heterocycles. The minimum atomic E-state index is -1.57. The molecule has 44 heavy (non-hydrogen) atoms. The van der Waals surface area contributed by atoms with Crippen molar-refractivity contribution in [2.24, 2.45) is 28.6 Å². The van der Waals surface area contributed by atoms with Crippen LogP contribution in [0, 0.1) is 34.4 Å². The van der Waals surface area contributed by atoms with Gasteiger partial charge in [-0.15, -0.1) is 0 Å². The first-order valence-corrected chi connectivity index (χ1v) is 15.4. The predicted molar refractivity (Wildman–Crippen MR) is 158 cm³/mol. The minimum absolute atomic E-state index is 0.00380. The van der Waals surface area contributed by atoms with E-state index >= 15 is 4.39 Å². The van der Waals surface area contributed by atoms with Crippen LogP contribution >= 0.6 is 0 Å². The molecule has 4 N–H and O–H groups in total. The Labute approximate surface area is 255 Å². The molecule has 0 spiro atoms. The molecule has 4 aliphatic carbocycles. The van der Waals surface area contributed by atoms with E-state index in [0.29, 0.717) is 12.1 Å². The van der Waals surface area contributed by atoms with Crippen molar-refractivity contribution in [3.8, 4) is 5.75 Å². The van der Waals surface area contributed by atoms with Crippen LogP contribution in [0.4, 0.5) is 10.1 Å². The van der Waals surface area contributed by atoms with Crippen molar-refractivity contribution in [3.63, 3.8) is 0 Å². The van der Waals surface area contributed by atoms with Crippen molar-refractivity contribution in [1.82, 2.24) is 0 Å². The summed E-state index contributed by atoms with van der Waals surface area (Å²) in [5.74, 6) is -1.41. The molecular weight excluding hydrogens is 565 g/mol. The standard InChI is InChI=1S/C35H38FNO7/c1-33-13-12-21(39)14-20(33)10-11-22-24-15-29-35(28(41)17-38,34(24,2)16-26(40)30(22)33)44-32(43-29)23-7-5-9-27(31(23)36)42-18-19-6-3-4-8-25(19)37/h3-9,12-14,22,24,26,29-30,32,38,40H,10-11,15-18,37H2,1-2H3/t22-,24-,26-,29+,30+,32+,33-,34-,35+/m0/s1. The van der Waals surface area contributed by atoms with Crippen molar-refractivity contribution >= 4 is 17.3 Å². The number of anilines is 1. The minimum Gasteiger partial charge on any atom is -0.486 e. The van der Waals surface area contributed by atoms with E-state index in [4.69, 9.17) is 19.9 Å². The van der Waals surface area contributed by atoms with Crippen LogP contribution in [0.3, 0.4) is 0 Å². The Bertz CT molecular complexity index is 1590. The van der Waals surface area contributed by atoms with Crippen LogP contribution in [-0.4, -0.2) is 46.2 Å². The normalized spacial score (nSPS) is 38.8. The highest BCUT2D eigenvalue weighted by Crippen LogP contribution is 2.70. The Balaban J connectivity index is 1.20. The summed E-state index contributed by atoms with van der Waals surface area (Å²) < 4.78 is 34.7. The molecule has 2 aromatic rings. The number of hydrogen-bond donors (Lipinski definition) is 3. The third-order valence-electron chi connectivity index (χ3n) is 11.5. The number of nitrogen functional groups attached to an aromatic ring is 1. The molecule has 3 saturated carbocycles. The van der Waals surface area contributed by atoms with Crippen LogP contribution in [0.2, 0.25) is 0 Å². The molecule has 0 radical (unpaired) electrons. The summed E-state index contributed by atoms with van der Waals surface area (Å²) in [5, 5.41) is 22.0. The van der Waals surface area contributed by atoms with Gasteiger partial charge in [-0.3, -0.25) is 9.59 Å². The number of halogens is 1. The molecule has 0 unspecified atom stereocenters. The number of para-hydroxylation sites is 1. The summed E-state index contributed by atoms with van der Waals surface area (Å²) in [7, 11) is 0. The summed E-state index contributed by atoms with van der Waals surface area (Å²) in [6, 6.07) is 11.9. The largest absolute Gasteiger partial charge is 0.486 e. The maximum Gasteiger partial charge on any atom is 0.193 e. The van der Waals surface area contributed by atoms with E-state index in [-0.39, 0.29) is 47.9 Å². The molecule has 0 amide bonds. The van der Waals surface area contributed by atoms with Gasteiger partial charge in [0.25, 0.3) is 0 Å². The highest BCUT2D eigenvalue weighted by atomic mass is 19.1. The molecule has 4 fully saturated rings. The second kappa shape index (κ2) is 10.3. The molecule has 1 aliphatic heterocycles. The van der Waals surface area contributed by atoms with Gasteiger partial charge in [0.1, 0.15) is 13.2 Å². The third-order valence-corrected chi connectivity index (χ3v) is 11.5. The average Bonchev–Trinajstić information content (AvgIpc) is 3.50. The molecule has 5 aliphatic rings. The van der Waals surface area contributed by atoms with Gasteiger partial charge in [-0.05, 0) is 61.8 Å². The van der Waals surface area contributed by atoms with E-state index in [0.717, 1.165) is 24.0 Å². The zero-order valence-electron chi connectivity index (χ0n) is 24.9. The maximum absolute atomic E-state index is 15.9. The highest BCUT2D eigenvalue weighted by molar-refractivity contribution is 6.01. The summed E-state index contributed by atoms with van der Waals surface area (Å²) in [5.41, 5.74) is 5.48. The van der Waals surface area contributed by atoms with Gasteiger partial charge in [-0.2, -0.15) is 0 Å². The van der Waals surface area contributed by atoms with E-state index in [1.165, 1.54) is 6.07 Å². The number of fused-ring (bicyclic) bond motifs is 7. The lowest BCUT2D eigenvalue weighted by molar-refractivity contribution is -0.201. The molecule has 2 aromatic carbocycles. The topological polar surface area (TPSA) is 128 Å². The molecule has 232 valence electrons. The van der Waals surface area contributed by atoms with Crippen LogP contribution in [0.25, 0.3) is 0 Å². The number of hydrogen-bond acceptors (Lipinski definition) is 8. The number of carbonyl (C=O) groups is 2. The molecule has 9 atom stereocenters. The zero-order chi connectivity index (χ0) is 31.0. The van der Waals surface area contributed by atoms with Crippen LogP contribution in [-0.2, 0) is 25.7 Å². The second-order valence-electron chi connectivity index (χ2n) is 13.5. The molecule has 1 heterocycles. The zero-order valence-corrected chi connectivity index (χ0v) is 24.9. The van der Waals surface area contributed by atoms with E-state index in [9.17, 15) is 19.8 Å². The lowest BCUT2D eigenvalue weighted by Gasteiger charge is -2.59. The summed E-state index contributed by atoms with van der Waals surface area (Å²) in [6.45, 7) is 3.33. The number of aliphatic hydroxyl groups is 2. The number of benzene rings is 2. The van der Waals surface area contributed by atoms with E-state index < -0.39 is 53.1 Å². The van der Waals surface area contributed by atoms with Crippen LogP contribution in [0.5, 0.6) is 5.75 Å². The van der Waals surface area contributed by atoms with Crippen LogP contribution < -0.4 is 10.5 Å². The number of allylic oxidation sites excluding steroid dienone is 4. The fraction of sp³-hybridized carbons (Fsp3) is 0.486. The predicted octanol–water partition coefficient (Wildman–Crippen LogP) is 4.59. The van der Waals surface area contributed by atoms with Crippen molar-refractivity contribution in [2.45, 2.75) is 70.2 Å². The van der Waals surface area contributed by atoms with E-state index in [2.05, 4.69) is 6.92 Å². The van der Waals surface area contributed by atoms with Gasteiger partial charge in [0.05, 0.1) is 12.2 Å². The fourth-order valence-corrected chi connectivity index (χ4v) is 9.47. The number of ketones is 2. The number of aliphatic hydroxyl groups excluding tert-OH is 2. The van der Waals surface area contributed by atoms with Crippen molar-refractivity contribution in [1.29, 1.82) is 0 Å². The van der Waals surface area contributed by atoms with Crippen LogP contribution in [0.15, 0.2) is 66.3 Å². The summed E-state index contributed by atoms with van der Waals surface area (Å²) >= 11 is 0. The molecule has 7 rings (SSSR count). The number of ether oxygens (including phenoxy) is 3. The van der Waals surface area contributed by atoms with E-state index in [1.54, 1.807) is 36.4 Å². The number of carbonyl (C=O) groups excluding carboxylic acids is 2. The Kier molecular flexibility index (Phi) is 6.90. The van der Waals surface area contributed by atoms with Gasteiger partial charge < -0.3 is 30.2 Å². The second-order valence-corrected chi connectivity index (χ2v) is 13.5. The van der Waals surface area contributed by atoms with Gasteiger partial charge in [0.15, 0.2) is 35.0 Å². The Hall–Kier alpha value is -3.37. The first kappa shape index (κ1) is 29.3. The van der Waals surface area contributed by atoms with Crippen molar-refractivity contribution in [3.05, 3.63) is 83.2 Å². The SMILES string of the molecule is C[C@]12C=CC(=O)C=C1CC[C@@H]1[C@@H]2[C@@H](O)C[C@@]2(C)[C@H]1C[C@H]1O[C@@H](c3cccc(OCc4ccccc4N)c3F)O[C@]12C(=O)CO. The average molecular weight is 604 g/mol. The monoisotopic (exact) mass is 603 g/mol. The van der Waals surface area contributed by atoms with Crippen molar-refractivity contribution < 1.29 is 38.4 Å². The highest BCUT2D eigenvalue weighted by Gasteiger charge is 2.76. The first-order valence-electron chi connectivity index (χ1n) is 15.4. The van der Waals surface area contributed by atoms with Crippen molar-refractivity contribution in [2.75, 3.05) is 12.3 Å². The number of Topliss-reactive ketones (excluding diaryl/α,β-unsaturated/α-hetero) is 1. The lowest BCUT2D eigenvalue weighted by Crippen LogP contribution is -2.63. The number of nitrogens with two attached hydrogens (primary N) is 1. The van der Waals surface area contributed by atoms with Crippen LogP contribution in [0.1, 0.15) is 56.9 Å². The summed E-state index contributed by atoms with van der Waals surface area (Å²) in [4.78, 5) is 25.9.